The summed E-state index contributed by atoms with van der Waals surface area (Å²) < 4.78 is 6.07. The van der Waals surface area contributed by atoms with E-state index in [0.29, 0.717) is 6.10 Å². The number of benzene rings is 1. The maximum atomic E-state index is 6.07. The van der Waals surface area contributed by atoms with Crippen LogP contribution >= 0.6 is 11.3 Å². The van der Waals surface area contributed by atoms with Gasteiger partial charge in [-0.25, -0.2) is 4.98 Å². The van der Waals surface area contributed by atoms with E-state index in [1.165, 1.54) is 5.01 Å². The molecule has 0 atom stereocenters. The first kappa shape index (κ1) is 18.7. The van der Waals surface area contributed by atoms with Crippen LogP contribution in [0.2, 0.25) is 0 Å². The summed E-state index contributed by atoms with van der Waals surface area (Å²) in [6.45, 7) is 4.92. The molecule has 3 rings (SSSR count). The molecule has 0 aliphatic carbocycles. The number of likely N-dealkylation sites (tertiary alicyclic amines) is 1. The number of aromatic nitrogens is 1. The number of hydrogen-bond donors (Lipinski definition) is 1. The van der Waals surface area contributed by atoms with Crippen LogP contribution in [0.5, 0.6) is 5.75 Å². The number of hydrogen-bond acceptors (Lipinski definition) is 4. The van der Waals surface area contributed by atoms with Crippen LogP contribution in [0.1, 0.15) is 30.0 Å². The van der Waals surface area contributed by atoms with Crippen molar-refractivity contribution in [1.82, 2.24) is 15.2 Å². The third-order valence-corrected chi connectivity index (χ3v) is 5.54. The Labute approximate surface area is 160 Å². The van der Waals surface area contributed by atoms with Gasteiger partial charge in [-0.15, -0.1) is 11.3 Å². The van der Waals surface area contributed by atoms with E-state index in [4.69, 9.17) is 4.74 Å². The van der Waals surface area contributed by atoms with Crippen LogP contribution in [-0.2, 0) is 6.42 Å². The zero-order valence-electron chi connectivity index (χ0n) is 15.6. The molecule has 0 radical (unpaired) electrons. The fourth-order valence-corrected chi connectivity index (χ4v) is 3.98. The molecule has 1 fully saturated rings. The van der Waals surface area contributed by atoms with Gasteiger partial charge >= 0.3 is 0 Å². The second kappa shape index (κ2) is 9.57. The fraction of sp³-hybridized carbons (Fsp3) is 0.500. The predicted molar refractivity (Wildman–Crippen MR) is 108 cm³/mol. The van der Waals surface area contributed by atoms with Crippen molar-refractivity contribution in [3.63, 3.8) is 0 Å². The van der Waals surface area contributed by atoms with Gasteiger partial charge in [0.15, 0.2) is 5.96 Å². The largest absolute Gasteiger partial charge is 0.490 e. The van der Waals surface area contributed by atoms with Crippen molar-refractivity contribution in [2.24, 2.45) is 4.99 Å². The first-order valence-electron chi connectivity index (χ1n) is 9.33. The van der Waals surface area contributed by atoms with Crippen molar-refractivity contribution in [3.8, 4) is 5.75 Å². The zero-order chi connectivity index (χ0) is 18.2. The lowest BCUT2D eigenvalue weighted by atomic mass is 10.1. The highest BCUT2D eigenvalue weighted by Gasteiger charge is 2.22. The molecule has 5 nitrogen and oxygen atoms in total. The van der Waals surface area contributed by atoms with Crippen molar-refractivity contribution < 1.29 is 4.74 Å². The van der Waals surface area contributed by atoms with Crippen LogP contribution in [0, 0.1) is 6.92 Å². The van der Waals surface area contributed by atoms with Crippen molar-refractivity contribution in [1.29, 1.82) is 0 Å². The number of nitrogens with one attached hydrogen (secondary N) is 1. The number of thiazole rings is 1. The van der Waals surface area contributed by atoms with Crippen molar-refractivity contribution in [3.05, 3.63) is 46.4 Å². The lowest BCUT2D eigenvalue weighted by Gasteiger charge is -2.34. The Hall–Kier alpha value is -2.08. The third kappa shape index (κ3) is 5.46. The minimum absolute atomic E-state index is 0.292. The zero-order valence-corrected chi connectivity index (χ0v) is 16.5. The SMILES string of the molecule is CN=C(NCCCc1nc(C)cs1)N1CCC(Oc2ccccc2)CC1. The van der Waals surface area contributed by atoms with Crippen LogP contribution in [0.4, 0.5) is 0 Å². The van der Waals surface area contributed by atoms with Crippen LogP contribution in [0.3, 0.4) is 0 Å². The Morgan fingerprint density at radius 1 is 1.31 bits per heavy atom. The topological polar surface area (TPSA) is 49.8 Å². The number of piperidine rings is 1. The Morgan fingerprint density at radius 3 is 2.73 bits per heavy atom. The molecule has 2 heterocycles. The Balaban J connectivity index is 1.38. The smallest absolute Gasteiger partial charge is 0.193 e. The van der Waals surface area contributed by atoms with E-state index in [1.807, 2.05) is 44.3 Å². The molecule has 6 heteroatoms. The molecule has 1 aliphatic heterocycles. The molecule has 140 valence electrons. The summed E-state index contributed by atoms with van der Waals surface area (Å²) in [5.41, 5.74) is 1.12. The van der Waals surface area contributed by atoms with Gasteiger partial charge < -0.3 is 15.0 Å². The van der Waals surface area contributed by atoms with Crippen LogP contribution in [0.15, 0.2) is 40.7 Å². The van der Waals surface area contributed by atoms with E-state index in [9.17, 15) is 0 Å². The van der Waals surface area contributed by atoms with Gasteiger partial charge in [-0.05, 0) is 25.5 Å². The number of guanidine groups is 1. The Kier molecular flexibility index (Phi) is 6.89. The summed E-state index contributed by atoms with van der Waals surface area (Å²) in [5.74, 6) is 1.96. The van der Waals surface area contributed by atoms with Crippen LogP contribution in [-0.4, -0.2) is 48.6 Å². The normalized spacial score (nSPS) is 15.9. The van der Waals surface area contributed by atoms with Gasteiger partial charge in [-0.1, -0.05) is 18.2 Å². The molecule has 0 amide bonds. The highest BCUT2D eigenvalue weighted by Crippen LogP contribution is 2.18. The van der Waals surface area contributed by atoms with Gasteiger partial charge in [0.25, 0.3) is 0 Å². The number of aliphatic imine (C=N–C) groups is 1. The molecular weight excluding hydrogens is 344 g/mol. The summed E-state index contributed by atoms with van der Waals surface area (Å²) in [5, 5.41) is 6.83. The second-order valence-electron chi connectivity index (χ2n) is 6.58. The van der Waals surface area contributed by atoms with Crippen molar-refractivity contribution >= 4 is 17.3 Å². The summed E-state index contributed by atoms with van der Waals surface area (Å²) >= 11 is 1.75. The molecule has 0 bridgehead atoms. The van der Waals surface area contributed by atoms with Gasteiger partial charge in [-0.3, -0.25) is 4.99 Å². The van der Waals surface area contributed by atoms with Gasteiger partial charge in [0.2, 0.25) is 0 Å². The molecule has 1 aliphatic rings. The summed E-state index contributed by atoms with van der Waals surface area (Å²) in [6.07, 6.45) is 4.43. The molecule has 0 spiro atoms. The molecule has 26 heavy (non-hydrogen) atoms. The highest BCUT2D eigenvalue weighted by molar-refractivity contribution is 7.09. The maximum absolute atomic E-state index is 6.07. The minimum Gasteiger partial charge on any atom is -0.490 e. The first-order chi connectivity index (χ1) is 12.7. The first-order valence-corrected chi connectivity index (χ1v) is 10.2. The van der Waals surface area contributed by atoms with Gasteiger partial charge in [0.1, 0.15) is 11.9 Å². The van der Waals surface area contributed by atoms with Gasteiger partial charge in [0.05, 0.1) is 5.01 Å². The van der Waals surface area contributed by atoms with Gasteiger partial charge in [-0.2, -0.15) is 0 Å². The third-order valence-electron chi connectivity index (χ3n) is 4.52. The van der Waals surface area contributed by atoms with Crippen molar-refractivity contribution in [2.75, 3.05) is 26.7 Å². The molecule has 1 aromatic carbocycles. The number of ether oxygens (including phenoxy) is 1. The monoisotopic (exact) mass is 372 g/mol. The molecule has 2 aromatic rings. The van der Waals surface area contributed by atoms with E-state index in [2.05, 4.69) is 25.6 Å². The molecule has 0 saturated carbocycles. The van der Waals surface area contributed by atoms with E-state index < -0.39 is 0 Å². The quantitative estimate of drug-likeness (QED) is 0.479. The van der Waals surface area contributed by atoms with Crippen LogP contribution < -0.4 is 10.1 Å². The van der Waals surface area contributed by atoms with E-state index >= 15 is 0 Å². The Morgan fingerprint density at radius 2 is 2.08 bits per heavy atom. The van der Waals surface area contributed by atoms with Gasteiger partial charge in [0, 0.05) is 57.0 Å². The summed E-state index contributed by atoms with van der Waals surface area (Å²) in [7, 11) is 1.86. The molecule has 1 aromatic heterocycles. The molecule has 0 unspecified atom stereocenters. The predicted octanol–water partition coefficient (Wildman–Crippen LogP) is 3.50. The minimum atomic E-state index is 0.292. The number of rotatable bonds is 6. The molecule has 1 N–H and O–H groups in total. The van der Waals surface area contributed by atoms with E-state index in [1.54, 1.807) is 11.3 Å². The standard InChI is InChI=1S/C20H28N4OS/c1-16-15-26-19(23-16)9-6-12-22-20(21-2)24-13-10-18(11-14-24)25-17-7-4-3-5-8-17/h3-5,7-8,15,18H,6,9-14H2,1-2H3,(H,21,22). The van der Waals surface area contributed by atoms with Crippen molar-refractivity contribution in [2.45, 2.75) is 38.7 Å². The van der Waals surface area contributed by atoms with Crippen LogP contribution in [0.25, 0.3) is 0 Å². The fourth-order valence-electron chi connectivity index (χ4n) is 3.17. The second-order valence-corrected chi connectivity index (χ2v) is 7.52. The number of aryl methyl sites for hydroxylation is 2. The molecule has 1 saturated heterocycles. The lowest BCUT2D eigenvalue weighted by Crippen LogP contribution is -2.47. The number of para-hydroxylation sites is 1. The maximum Gasteiger partial charge on any atom is 0.193 e. The van der Waals surface area contributed by atoms with E-state index in [0.717, 1.165) is 62.7 Å². The average molecular weight is 373 g/mol. The summed E-state index contributed by atoms with van der Waals surface area (Å²) in [6, 6.07) is 10.1. The molecular formula is C20H28N4OS. The lowest BCUT2D eigenvalue weighted by molar-refractivity contribution is 0.129. The average Bonchev–Trinajstić information content (AvgIpc) is 3.09. The number of nitrogens with zero attached hydrogens (tertiary/aromatic N) is 3. The summed E-state index contributed by atoms with van der Waals surface area (Å²) in [4.78, 5) is 11.3. The Bertz CT molecular complexity index is 693. The highest BCUT2D eigenvalue weighted by atomic mass is 32.1. The van der Waals surface area contributed by atoms with E-state index in [-0.39, 0.29) is 0 Å².